The van der Waals surface area contributed by atoms with Crippen LogP contribution in [0.4, 0.5) is 10.1 Å². The van der Waals surface area contributed by atoms with Gasteiger partial charge in [0.15, 0.2) is 5.96 Å². The van der Waals surface area contributed by atoms with Gasteiger partial charge in [-0.1, -0.05) is 18.2 Å². The third kappa shape index (κ3) is 7.73. The number of anilines is 1. The molecule has 30 heavy (non-hydrogen) atoms. The molecular weight excluding hydrogens is 381 g/mol. The molecule has 2 aromatic rings. The van der Waals surface area contributed by atoms with Gasteiger partial charge in [0.2, 0.25) is 0 Å². The molecule has 0 saturated heterocycles. The van der Waals surface area contributed by atoms with Gasteiger partial charge in [0.1, 0.15) is 5.82 Å². The topological polar surface area (TPSA) is 68.8 Å². The molecule has 0 aromatic heterocycles. The molecule has 2 aromatic carbocycles. The molecule has 0 aliphatic heterocycles. The number of benzene rings is 2. The first-order valence-electron chi connectivity index (χ1n) is 10.3. The molecule has 0 aliphatic rings. The van der Waals surface area contributed by atoms with Crippen molar-refractivity contribution >= 4 is 17.6 Å². The van der Waals surface area contributed by atoms with Crippen molar-refractivity contribution in [2.24, 2.45) is 4.99 Å². The summed E-state index contributed by atoms with van der Waals surface area (Å²) in [6, 6.07) is 14.2. The molecule has 0 saturated carbocycles. The summed E-state index contributed by atoms with van der Waals surface area (Å²) >= 11 is 0. The highest BCUT2D eigenvalue weighted by molar-refractivity contribution is 5.94. The first-order valence-corrected chi connectivity index (χ1v) is 10.3. The van der Waals surface area contributed by atoms with Gasteiger partial charge in [-0.2, -0.15) is 0 Å². The smallest absolute Gasteiger partial charge is 0.251 e. The quantitative estimate of drug-likeness (QED) is 0.318. The third-order valence-electron chi connectivity index (χ3n) is 4.64. The van der Waals surface area contributed by atoms with Gasteiger partial charge in [0.05, 0.1) is 0 Å². The lowest BCUT2D eigenvalue weighted by atomic mass is 10.1. The van der Waals surface area contributed by atoms with E-state index in [1.54, 1.807) is 13.1 Å². The van der Waals surface area contributed by atoms with Crippen molar-refractivity contribution in [3.05, 3.63) is 65.5 Å². The molecule has 0 unspecified atom stereocenters. The number of hydrogen-bond donors (Lipinski definition) is 3. The summed E-state index contributed by atoms with van der Waals surface area (Å²) in [5, 5.41) is 9.22. The summed E-state index contributed by atoms with van der Waals surface area (Å²) in [5.74, 6) is 0.466. The van der Waals surface area contributed by atoms with Crippen LogP contribution >= 0.6 is 0 Å². The molecule has 0 spiro atoms. The third-order valence-corrected chi connectivity index (χ3v) is 4.64. The number of aliphatic imine (C=N–C) groups is 1. The van der Waals surface area contributed by atoms with E-state index in [9.17, 15) is 9.18 Å². The van der Waals surface area contributed by atoms with Crippen molar-refractivity contribution in [1.29, 1.82) is 0 Å². The van der Waals surface area contributed by atoms with Crippen LogP contribution in [0.3, 0.4) is 0 Å². The summed E-state index contributed by atoms with van der Waals surface area (Å²) in [7, 11) is 3.58. The summed E-state index contributed by atoms with van der Waals surface area (Å²) in [6.07, 6.45) is 1.65. The van der Waals surface area contributed by atoms with Crippen molar-refractivity contribution in [2.75, 3.05) is 45.2 Å². The summed E-state index contributed by atoms with van der Waals surface area (Å²) in [6.45, 7) is 4.98. The Morgan fingerprint density at radius 3 is 2.67 bits per heavy atom. The van der Waals surface area contributed by atoms with Crippen LogP contribution in [0.25, 0.3) is 0 Å². The second-order valence-corrected chi connectivity index (χ2v) is 6.97. The fourth-order valence-corrected chi connectivity index (χ4v) is 3.02. The van der Waals surface area contributed by atoms with Crippen LogP contribution in [0.5, 0.6) is 0 Å². The summed E-state index contributed by atoms with van der Waals surface area (Å²) < 4.78 is 13.3. The largest absolute Gasteiger partial charge is 0.374 e. The van der Waals surface area contributed by atoms with E-state index in [1.165, 1.54) is 12.1 Å². The molecular formula is C23H32FN5O. The Morgan fingerprint density at radius 2 is 1.93 bits per heavy atom. The highest BCUT2D eigenvalue weighted by atomic mass is 19.1. The molecule has 0 heterocycles. The minimum Gasteiger partial charge on any atom is -0.374 e. The van der Waals surface area contributed by atoms with E-state index in [2.05, 4.69) is 20.9 Å². The normalized spacial score (nSPS) is 11.1. The molecule has 6 nitrogen and oxygen atoms in total. The van der Waals surface area contributed by atoms with E-state index in [0.717, 1.165) is 43.1 Å². The molecule has 7 heteroatoms. The number of carbonyl (C=O) groups excluding carboxylic acids is 1. The Balaban J connectivity index is 1.79. The number of nitrogens with zero attached hydrogens (tertiary/aromatic N) is 2. The fraction of sp³-hybridized carbons (Fsp3) is 0.391. The minimum absolute atomic E-state index is 0.0806. The number of amides is 1. The molecule has 0 bridgehead atoms. The number of guanidine groups is 1. The lowest BCUT2D eigenvalue weighted by Gasteiger charge is -2.19. The lowest BCUT2D eigenvalue weighted by Crippen LogP contribution is -2.38. The van der Waals surface area contributed by atoms with Crippen molar-refractivity contribution in [1.82, 2.24) is 16.0 Å². The zero-order valence-electron chi connectivity index (χ0n) is 18.0. The highest BCUT2D eigenvalue weighted by Gasteiger charge is 2.05. The Morgan fingerprint density at radius 1 is 1.13 bits per heavy atom. The Hall–Kier alpha value is -3.09. The lowest BCUT2D eigenvalue weighted by molar-refractivity contribution is 0.0963. The molecule has 0 atom stereocenters. The van der Waals surface area contributed by atoms with Gasteiger partial charge < -0.3 is 20.9 Å². The number of rotatable bonds is 10. The van der Waals surface area contributed by atoms with Crippen LogP contribution in [-0.4, -0.2) is 52.1 Å². The van der Waals surface area contributed by atoms with Crippen molar-refractivity contribution < 1.29 is 9.18 Å². The predicted octanol–water partition coefficient (Wildman–Crippen LogP) is 2.81. The van der Waals surface area contributed by atoms with Crippen LogP contribution in [0.15, 0.2) is 53.5 Å². The monoisotopic (exact) mass is 413 g/mol. The zero-order valence-corrected chi connectivity index (χ0v) is 18.0. The average Bonchev–Trinajstić information content (AvgIpc) is 2.76. The van der Waals surface area contributed by atoms with E-state index in [-0.39, 0.29) is 11.7 Å². The van der Waals surface area contributed by atoms with E-state index in [1.807, 2.05) is 49.2 Å². The molecule has 3 N–H and O–H groups in total. The second-order valence-electron chi connectivity index (χ2n) is 6.97. The molecule has 1 amide bonds. The summed E-state index contributed by atoms with van der Waals surface area (Å²) in [4.78, 5) is 18.4. The summed E-state index contributed by atoms with van der Waals surface area (Å²) in [5.41, 5.74) is 2.62. The van der Waals surface area contributed by atoms with Gasteiger partial charge in [-0.05, 0) is 55.7 Å². The maximum Gasteiger partial charge on any atom is 0.251 e. The predicted molar refractivity (Wildman–Crippen MR) is 122 cm³/mol. The van der Waals surface area contributed by atoms with Crippen molar-refractivity contribution in [3.8, 4) is 0 Å². The van der Waals surface area contributed by atoms with Crippen LogP contribution < -0.4 is 20.9 Å². The average molecular weight is 414 g/mol. The fourth-order valence-electron chi connectivity index (χ4n) is 3.02. The van der Waals surface area contributed by atoms with Gasteiger partial charge in [-0.3, -0.25) is 9.79 Å². The van der Waals surface area contributed by atoms with Crippen LogP contribution in [0, 0.1) is 5.82 Å². The minimum atomic E-state index is -0.225. The Kier molecular flexibility index (Phi) is 9.64. The number of hydrogen-bond acceptors (Lipinski definition) is 3. The van der Waals surface area contributed by atoms with Crippen LogP contribution in [0.1, 0.15) is 29.3 Å². The van der Waals surface area contributed by atoms with Gasteiger partial charge in [-0.25, -0.2) is 4.39 Å². The van der Waals surface area contributed by atoms with E-state index >= 15 is 0 Å². The SMILES string of the molecule is CCNC(=NCCCN(C)c1cccc(F)c1)NCCc1cccc(C(=O)NC)c1. The van der Waals surface area contributed by atoms with E-state index in [4.69, 9.17) is 0 Å². The van der Waals surface area contributed by atoms with E-state index in [0.29, 0.717) is 18.7 Å². The van der Waals surface area contributed by atoms with Gasteiger partial charge >= 0.3 is 0 Å². The highest BCUT2D eigenvalue weighted by Crippen LogP contribution is 2.13. The Labute approximate surface area is 178 Å². The van der Waals surface area contributed by atoms with Crippen LogP contribution in [-0.2, 0) is 6.42 Å². The molecule has 0 fully saturated rings. The second kappa shape index (κ2) is 12.5. The molecule has 2 rings (SSSR count). The first kappa shape index (κ1) is 23.2. The number of carbonyl (C=O) groups is 1. The number of nitrogens with one attached hydrogen (secondary N) is 3. The number of halogens is 1. The van der Waals surface area contributed by atoms with Crippen LogP contribution in [0.2, 0.25) is 0 Å². The zero-order chi connectivity index (χ0) is 21.8. The standard InChI is InChI=1S/C23H32FN5O/c1-4-26-23(27-13-7-15-29(3)21-11-6-10-20(24)17-21)28-14-12-18-8-5-9-19(16-18)22(30)25-2/h5-6,8-11,16-17H,4,7,12-15H2,1-3H3,(H,25,30)(H2,26,27,28). The van der Waals surface area contributed by atoms with Crippen molar-refractivity contribution in [3.63, 3.8) is 0 Å². The molecule has 0 aliphatic carbocycles. The molecule has 162 valence electrons. The first-order chi connectivity index (χ1) is 14.5. The van der Waals surface area contributed by atoms with Gasteiger partial charge in [-0.15, -0.1) is 0 Å². The van der Waals surface area contributed by atoms with E-state index < -0.39 is 0 Å². The maximum atomic E-state index is 13.3. The van der Waals surface area contributed by atoms with Crippen molar-refractivity contribution in [2.45, 2.75) is 19.8 Å². The maximum absolute atomic E-state index is 13.3. The van der Waals surface area contributed by atoms with Gasteiger partial charge in [0, 0.05) is 51.5 Å². The molecule has 0 radical (unpaired) electrons. The Bertz CT molecular complexity index is 840. The van der Waals surface area contributed by atoms with Gasteiger partial charge in [0.25, 0.3) is 5.91 Å².